The lowest BCUT2D eigenvalue weighted by atomic mass is 10.1. The average Bonchev–Trinajstić information content (AvgIpc) is 3.26. The fourth-order valence-corrected chi connectivity index (χ4v) is 5.78. The first-order valence-corrected chi connectivity index (χ1v) is 23.8. The number of rotatable bonds is 40. The molecule has 0 aromatic rings. The summed E-state index contributed by atoms with van der Waals surface area (Å²) >= 11 is 0. The maximum Gasteiger partial charge on any atom is 0.306 e. The van der Waals surface area contributed by atoms with E-state index in [9.17, 15) is 14.4 Å². The van der Waals surface area contributed by atoms with E-state index in [-0.39, 0.29) is 37.5 Å². The Morgan fingerprint density at radius 1 is 0.361 bits per heavy atom. The normalized spacial score (nSPS) is 13.3. The summed E-state index contributed by atoms with van der Waals surface area (Å²) in [6, 6.07) is 0. The van der Waals surface area contributed by atoms with Gasteiger partial charge < -0.3 is 14.2 Å². The predicted octanol–water partition coefficient (Wildman–Crippen LogP) is 15.5. The summed E-state index contributed by atoms with van der Waals surface area (Å²) in [4.78, 5) is 37.8. The Bertz CT molecular complexity index is 1380. The molecule has 0 saturated carbocycles. The second kappa shape index (κ2) is 48.2. The molecule has 0 aromatic heterocycles. The summed E-state index contributed by atoms with van der Waals surface area (Å²) in [5, 5.41) is 0. The molecule has 1 unspecified atom stereocenters. The summed E-state index contributed by atoms with van der Waals surface area (Å²) in [6.07, 6.45) is 67.2. The highest BCUT2D eigenvalue weighted by Gasteiger charge is 2.19. The molecule has 0 fully saturated rings. The first-order valence-electron chi connectivity index (χ1n) is 23.8. The molecule has 0 amide bonds. The number of carbonyl (C=O) groups is 3. The molecule has 0 rings (SSSR count). The predicted molar refractivity (Wildman–Crippen MR) is 260 cm³/mol. The first kappa shape index (κ1) is 56.5. The van der Waals surface area contributed by atoms with Gasteiger partial charge in [-0.15, -0.1) is 0 Å². The molecule has 0 aromatic carbocycles. The molecule has 0 radical (unpaired) electrons. The Morgan fingerprint density at radius 2 is 0.721 bits per heavy atom. The van der Waals surface area contributed by atoms with E-state index in [0.717, 1.165) is 122 Å². The molecule has 6 heteroatoms. The van der Waals surface area contributed by atoms with E-state index in [0.29, 0.717) is 19.3 Å². The molecule has 6 nitrogen and oxygen atoms in total. The van der Waals surface area contributed by atoms with Crippen LogP contribution in [0.5, 0.6) is 0 Å². The molecule has 0 bridgehead atoms. The lowest BCUT2D eigenvalue weighted by Gasteiger charge is -2.18. The number of carbonyl (C=O) groups excluding carboxylic acids is 3. The molecular weight excluding hydrogens is 757 g/mol. The van der Waals surface area contributed by atoms with E-state index in [4.69, 9.17) is 14.2 Å². The zero-order valence-corrected chi connectivity index (χ0v) is 38.6. The van der Waals surface area contributed by atoms with Crippen LogP contribution in [0.4, 0.5) is 0 Å². The topological polar surface area (TPSA) is 78.9 Å². The molecule has 340 valence electrons. The number of ether oxygens (including phenoxy) is 3. The smallest absolute Gasteiger partial charge is 0.306 e. The van der Waals surface area contributed by atoms with Crippen molar-refractivity contribution in [2.24, 2.45) is 0 Å². The number of allylic oxidation sites excluding steroid dienone is 22. The lowest BCUT2D eigenvalue weighted by molar-refractivity contribution is -0.167. The van der Waals surface area contributed by atoms with Crippen molar-refractivity contribution >= 4 is 17.9 Å². The van der Waals surface area contributed by atoms with Crippen molar-refractivity contribution in [1.29, 1.82) is 0 Å². The van der Waals surface area contributed by atoms with Crippen LogP contribution in [0.2, 0.25) is 0 Å². The average molecular weight is 841 g/mol. The van der Waals surface area contributed by atoms with Gasteiger partial charge in [-0.05, 0) is 89.9 Å². The van der Waals surface area contributed by atoms with Crippen molar-refractivity contribution < 1.29 is 28.6 Å². The first-order chi connectivity index (χ1) is 30.0. The summed E-state index contributed by atoms with van der Waals surface area (Å²) in [6.45, 7) is 6.19. The molecule has 0 spiro atoms. The minimum absolute atomic E-state index is 0.118. The Balaban J connectivity index is 4.54. The van der Waals surface area contributed by atoms with E-state index >= 15 is 0 Å². The Hall–Kier alpha value is -4.45. The number of unbranched alkanes of at least 4 members (excludes halogenated alkanes) is 13. The minimum atomic E-state index is -0.819. The van der Waals surface area contributed by atoms with Gasteiger partial charge in [-0.2, -0.15) is 0 Å². The van der Waals surface area contributed by atoms with Crippen molar-refractivity contribution in [3.8, 4) is 0 Å². The SMILES string of the molecule is CC\C=C/C=C\C=C/CCCCCCCC(=O)OC(COC(=O)CCCC/C=C\C/C=C\C/C=C\CC)COC(=O)CCCCCCC\C=C/C=C\C=C/C=C\C=C/CCC. The lowest BCUT2D eigenvalue weighted by Crippen LogP contribution is -2.30. The van der Waals surface area contributed by atoms with Gasteiger partial charge in [0.25, 0.3) is 0 Å². The van der Waals surface area contributed by atoms with Crippen LogP contribution in [0.1, 0.15) is 175 Å². The van der Waals surface area contributed by atoms with Crippen molar-refractivity contribution in [3.63, 3.8) is 0 Å². The standard InChI is InChI=1S/C55H84O6/c1-4-7-10-13-16-19-22-25-26-27-28-29-31-33-36-39-42-45-48-54(57)60-51-52(50-59-53(56)47-44-41-38-35-32-24-21-18-15-12-9-6-3)61-55(58)49-46-43-40-37-34-30-23-20-17-14-11-8-5-2/h8-14,16-23,25-29,32,35,52H,4-7,15,24,30-31,33-34,36-51H2,1-3H3/b11-8-,12-9-,13-10-,17-14-,19-16-,21-18-,23-20-,25-22-,27-26-,29-28-,35-32-. The van der Waals surface area contributed by atoms with E-state index in [1.165, 1.54) is 6.42 Å². The van der Waals surface area contributed by atoms with E-state index in [2.05, 4.69) is 112 Å². The maximum atomic E-state index is 12.7. The van der Waals surface area contributed by atoms with E-state index < -0.39 is 6.10 Å². The molecule has 0 N–H and O–H groups in total. The second-order valence-corrected chi connectivity index (χ2v) is 15.1. The van der Waals surface area contributed by atoms with Gasteiger partial charge in [0.15, 0.2) is 6.10 Å². The molecule has 0 aliphatic rings. The van der Waals surface area contributed by atoms with Crippen LogP contribution in [0, 0.1) is 0 Å². The van der Waals surface area contributed by atoms with E-state index in [1.54, 1.807) is 0 Å². The maximum absolute atomic E-state index is 12.7. The molecular formula is C55H84O6. The molecule has 0 aliphatic heterocycles. The van der Waals surface area contributed by atoms with Crippen LogP contribution >= 0.6 is 0 Å². The van der Waals surface area contributed by atoms with Crippen molar-refractivity contribution in [2.75, 3.05) is 13.2 Å². The number of hydrogen-bond acceptors (Lipinski definition) is 6. The highest BCUT2D eigenvalue weighted by molar-refractivity contribution is 5.71. The van der Waals surface area contributed by atoms with Gasteiger partial charge in [0.1, 0.15) is 13.2 Å². The van der Waals surface area contributed by atoms with Crippen LogP contribution < -0.4 is 0 Å². The molecule has 0 saturated heterocycles. The fraction of sp³-hybridized carbons (Fsp3) is 0.545. The van der Waals surface area contributed by atoms with Crippen LogP contribution in [0.15, 0.2) is 134 Å². The summed E-state index contributed by atoms with van der Waals surface area (Å²) in [5.41, 5.74) is 0. The van der Waals surface area contributed by atoms with Crippen LogP contribution in [0.25, 0.3) is 0 Å². The van der Waals surface area contributed by atoms with Gasteiger partial charge in [-0.1, -0.05) is 199 Å². The Kier molecular flexibility index (Phi) is 44.7. The van der Waals surface area contributed by atoms with E-state index in [1.807, 2.05) is 42.5 Å². The van der Waals surface area contributed by atoms with Gasteiger partial charge in [0, 0.05) is 19.3 Å². The molecule has 61 heavy (non-hydrogen) atoms. The van der Waals surface area contributed by atoms with Crippen molar-refractivity contribution in [2.45, 2.75) is 181 Å². The largest absolute Gasteiger partial charge is 0.462 e. The van der Waals surface area contributed by atoms with Crippen LogP contribution in [-0.4, -0.2) is 37.2 Å². The number of hydrogen-bond donors (Lipinski definition) is 0. The quantitative estimate of drug-likeness (QED) is 0.0201. The van der Waals surface area contributed by atoms with Gasteiger partial charge in [0.2, 0.25) is 0 Å². The highest BCUT2D eigenvalue weighted by Crippen LogP contribution is 2.12. The Morgan fingerprint density at radius 3 is 1.23 bits per heavy atom. The highest BCUT2D eigenvalue weighted by atomic mass is 16.6. The third-order valence-electron chi connectivity index (χ3n) is 9.29. The summed E-state index contributed by atoms with van der Waals surface area (Å²) in [7, 11) is 0. The van der Waals surface area contributed by atoms with Gasteiger partial charge in [-0.25, -0.2) is 0 Å². The van der Waals surface area contributed by atoms with Crippen LogP contribution in [0.3, 0.4) is 0 Å². The summed E-state index contributed by atoms with van der Waals surface area (Å²) < 4.78 is 16.7. The fourth-order valence-electron chi connectivity index (χ4n) is 5.78. The zero-order chi connectivity index (χ0) is 44.4. The monoisotopic (exact) mass is 841 g/mol. The minimum Gasteiger partial charge on any atom is -0.462 e. The molecule has 1 atom stereocenters. The second-order valence-electron chi connectivity index (χ2n) is 15.1. The van der Waals surface area contributed by atoms with Crippen molar-refractivity contribution in [1.82, 2.24) is 0 Å². The van der Waals surface area contributed by atoms with Crippen LogP contribution in [-0.2, 0) is 28.6 Å². The number of esters is 3. The zero-order valence-electron chi connectivity index (χ0n) is 38.6. The van der Waals surface area contributed by atoms with Gasteiger partial charge in [0.05, 0.1) is 0 Å². The molecule has 0 heterocycles. The summed E-state index contributed by atoms with van der Waals surface area (Å²) in [5.74, 6) is -1.02. The Labute approximate surface area is 373 Å². The third-order valence-corrected chi connectivity index (χ3v) is 9.29. The third kappa shape index (κ3) is 46.5. The van der Waals surface area contributed by atoms with Gasteiger partial charge in [-0.3, -0.25) is 14.4 Å². The van der Waals surface area contributed by atoms with Gasteiger partial charge >= 0.3 is 17.9 Å². The van der Waals surface area contributed by atoms with Crippen molar-refractivity contribution in [3.05, 3.63) is 134 Å². The molecule has 0 aliphatic carbocycles.